The third-order valence-corrected chi connectivity index (χ3v) is 0. The summed E-state index contributed by atoms with van der Waals surface area (Å²) in [4.78, 5) is 0. The summed E-state index contributed by atoms with van der Waals surface area (Å²) in [6, 6.07) is 0. The molecule has 1 N–H and O–H groups in total. The molecule has 0 rings (SSSR count). The highest BCUT2D eigenvalue weighted by atomic mass is 35.7. The Labute approximate surface area is 59.6 Å². The topological polar surface area (TPSA) is 54.4 Å². The van der Waals surface area contributed by atoms with Crippen LogP contribution in [0.25, 0.3) is 0 Å². The Hall–Kier alpha value is -0.0600. The first-order valence-electron chi connectivity index (χ1n) is 2.02. The minimum atomic E-state index is -4.19. The van der Waals surface area contributed by atoms with Crippen molar-refractivity contribution < 1.29 is 13.0 Å². The first-order chi connectivity index (χ1) is 3.73. The Balaban J connectivity index is 0. The van der Waals surface area contributed by atoms with E-state index >= 15 is 0 Å². The predicted molar refractivity (Wildman–Crippen MR) is 37.9 cm³/mol. The summed E-state index contributed by atoms with van der Waals surface area (Å²) in [6.07, 6.45) is 0. The van der Waals surface area contributed by atoms with Crippen molar-refractivity contribution in [2.24, 2.45) is 0 Å². The quantitative estimate of drug-likeness (QED) is 0.343. The second-order valence-corrected chi connectivity index (χ2v) is 3.61. The molecular formula is C4H9ClO3S. The summed E-state index contributed by atoms with van der Waals surface area (Å²) in [5.41, 5.74) is 1.17. The van der Waals surface area contributed by atoms with Gasteiger partial charge in [0, 0.05) is 10.7 Å². The average molecular weight is 173 g/mol. The van der Waals surface area contributed by atoms with E-state index in [9.17, 15) is 0 Å². The summed E-state index contributed by atoms with van der Waals surface area (Å²) in [7, 11) is -0.137. The smallest absolute Gasteiger partial charge is 0.273 e. The zero-order chi connectivity index (χ0) is 8.08. The fourth-order valence-corrected chi connectivity index (χ4v) is 0. The van der Waals surface area contributed by atoms with E-state index in [4.69, 9.17) is 13.0 Å². The molecule has 0 aromatic carbocycles. The minimum Gasteiger partial charge on any atom is -0.273 e. The lowest BCUT2D eigenvalue weighted by Crippen LogP contribution is -1.77. The fraction of sp³-hybridized carbons (Fsp3) is 0.500. The van der Waals surface area contributed by atoms with Crippen LogP contribution < -0.4 is 0 Å². The maximum atomic E-state index is 8.95. The van der Waals surface area contributed by atoms with E-state index in [1.807, 2.05) is 13.8 Å². The lowest BCUT2D eigenvalue weighted by Gasteiger charge is -1.65. The van der Waals surface area contributed by atoms with Gasteiger partial charge in [0.1, 0.15) is 0 Å². The van der Waals surface area contributed by atoms with Gasteiger partial charge in [-0.25, -0.2) is 0 Å². The van der Waals surface area contributed by atoms with Gasteiger partial charge in [0.05, 0.1) is 0 Å². The molecule has 0 fully saturated rings. The van der Waals surface area contributed by atoms with E-state index in [2.05, 4.69) is 17.3 Å². The monoisotopic (exact) mass is 172 g/mol. The van der Waals surface area contributed by atoms with E-state index < -0.39 is 9.33 Å². The van der Waals surface area contributed by atoms with Crippen LogP contribution in [-0.2, 0) is 9.33 Å². The van der Waals surface area contributed by atoms with Crippen molar-refractivity contribution in [1.29, 1.82) is 0 Å². The van der Waals surface area contributed by atoms with Gasteiger partial charge in [-0.2, -0.15) is 8.42 Å². The molecule has 0 aromatic heterocycles. The van der Waals surface area contributed by atoms with E-state index in [-0.39, 0.29) is 0 Å². The summed E-state index contributed by atoms with van der Waals surface area (Å²) in [5.74, 6) is 0. The first-order valence-corrected chi connectivity index (χ1v) is 4.29. The number of allylic oxidation sites excluding steroid dienone is 1. The Morgan fingerprint density at radius 2 is 1.56 bits per heavy atom. The summed E-state index contributed by atoms with van der Waals surface area (Å²) >= 11 is 0. The maximum absolute atomic E-state index is 8.95. The first kappa shape index (κ1) is 11.7. The Bertz CT molecular complexity index is 158. The molecule has 0 radical (unpaired) electrons. The molecule has 0 atom stereocenters. The van der Waals surface area contributed by atoms with Crippen molar-refractivity contribution in [3.05, 3.63) is 12.2 Å². The highest BCUT2D eigenvalue weighted by molar-refractivity contribution is 8.09. The Morgan fingerprint density at radius 3 is 1.56 bits per heavy atom. The highest BCUT2D eigenvalue weighted by Crippen LogP contribution is 1.82. The maximum Gasteiger partial charge on any atom is 0.353 e. The predicted octanol–water partition coefficient (Wildman–Crippen LogP) is 1.61. The van der Waals surface area contributed by atoms with E-state index in [0.29, 0.717) is 0 Å². The number of halogens is 1. The third-order valence-electron chi connectivity index (χ3n) is 0. The summed E-state index contributed by atoms with van der Waals surface area (Å²) < 4.78 is 25.2. The zero-order valence-corrected chi connectivity index (χ0v) is 6.83. The van der Waals surface area contributed by atoms with Gasteiger partial charge in [-0.3, -0.25) is 4.55 Å². The normalized spacial score (nSPS) is 9.33. The largest absolute Gasteiger partial charge is 0.353 e. The van der Waals surface area contributed by atoms with E-state index in [0.717, 1.165) is 0 Å². The van der Waals surface area contributed by atoms with Crippen molar-refractivity contribution in [1.82, 2.24) is 0 Å². The molecule has 0 saturated heterocycles. The minimum absolute atomic E-state index is 1.17. The van der Waals surface area contributed by atoms with Crippen molar-refractivity contribution in [3.63, 3.8) is 0 Å². The lowest BCUT2D eigenvalue weighted by molar-refractivity contribution is 0.501. The van der Waals surface area contributed by atoms with Gasteiger partial charge in [0.15, 0.2) is 0 Å². The molecule has 0 spiro atoms. The lowest BCUT2D eigenvalue weighted by atomic mass is 10.4. The third kappa shape index (κ3) is 77800. The number of hydrogen-bond donors (Lipinski definition) is 1. The molecule has 0 aromatic rings. The van der Waals surface area contributed by atoms with Crippen molar-refractivity contribution in [2.75, 3.05) is 0 Å². The van der Waals surface area contributed by atoms with Gasteiger partial charge < -0.3 is 0 Å². The summed E-state index contributed by atoms with van der Waals surface area (Å²) in [5, 5.41) is 0. The molecule has 0 unspecified atom stereocenters. The van der Waals surface area contributed by atoms with Crippen LogP contribution in [0.3, 0.4) is 0 Å². The van der Waals surface area contributed by atoms with Gasteiger partial charge in [-0.05, 0) is 13.8 Å². The second-order valence-electron chi connectivity index (χ2n) is 1.62. The molecule has 9 heavy (non-hydrogen) atoms. The molecule has 0 bridgehead atoms. The van der Waals surface area contributed by atoms with Gasteiger partial charge in [-0.1, -0.05) is 5.57 Å². The Morgan fingerprint density at radius 1 is 1.56 bits per heavy atom. The van der Waals surface area contributed by atoms with Crippen molar-refractivity contribution in [3.8, 4) is 0 Å². The molecule has 3 nitrogen and oxygen atoms in total. The molecule has 0 aliphatic carbocycles. The van der Waals surface area contributed by atoms with Crippen LogP contribution in [0.4, 0.5) is 0 Å². The molecular weight excluding hydrogens is 164 g/mol. The van der Waals surface area contributed by atoms with Crippen LogP contribution in [0.2, 0.25) is 0 Å². The van der Waals surface area contributed by atoms with Crippen LogP contribution in [0.5, 0.6) is 0 Å². The molecule has 5 heteroatoms. The Kier molecular flexibility index (Phi) is 6.22. The van der Waals surface area contributed by atoms with Crippen molar-refractivity contribution >= 4 is 20.0 Å². The standard InChI is InChI=1S/C4H8.ClHO3S/c1-4(2)3;1-5(2,3)4/h1H2,2-3H3;(H,2,3,4). The highest BCUT2D eigenvalue weighted by Gasteiger charge is 1.86. The zero-order valence-electron chi connectivity index (χ0n) is 5.26. The molecule has 0 aliphatic heterocycles. The molecule has 56 valence electrons. The van der Waals surface area contributed by atoms with Crippen LogP contribution in [0, 0.1) is 0 Å². The van der Waals surface area contributed by atoms with Crippen LogP contribution in [-0.4, -0.2) is 13.0 Å². The number of rotatable bonds is 0. The van der Waals surface area contributed by atoms with Gasteiger partial charge in [0.2, 0.25) is 0 Å². The summed E-state index contributed by atoms with van der Waals surface area (Å²) in [6.45, 7) is 7.50. The van der Waals surface area contributed by atoms with Crippen LogP contribution in [0.1, 0.15) is 13.8 Å². The molecule has 0 saturated carbocycles. The van der Waals surface area contributed by atoms with Gasteiger partial charge in [0.25, 0.3) is 0 Å². The van der Waals surface area contributed by atoms with Crippen LogP contribution >= 0.6 is 10.7 Å². The SMILES string of the molecule is C=C(C)C.O=S(=O)(O)Cl. The van der Waals surface area contributed by atoms with Gasteiger partial charge in [-0.15, -0.1) is 6.58 Å². The van der Waals surface area contributed by atoms with Crippen LogP contribution in [0.15, 0.2) is 12.2 Å². The second kappa shape index (κ2) is 4.78. The average Bonchev–Trinajstić information content (AvgIpc) is 1.19. The van der Waals surface area contributed by atoms with E-state index in [1.165, 1.54) is 5.57 Å². The number of hydrogen-bond acceptors (Lipinski definition) is 2. The fourth-order valence-electron chi connectivity index (χ4n) is 0. The van der Waals surface area contributed by atoms with Crippen molar-refractivity contribution in [2.45, 2.75) is 13.8 Å². The molecule has 0 aliphatic rings. The molecule has 0 amide bonds. The molecule has 0 heterocycles. The van der Waals surface area contributed by atoms with E-state index in [1.54, 1.807) is 0 Å². The van der Waals surface area contributed by atoms with Gasteiger partial charge >= 0.3 is 9.33 Å².